The van der Waals surface area contributed by atoms with Gasteiger partial charge in [0.2, 0.25) is 0 Å². The number of likely N-dealkylation sites (tertiary alicyclic amines) is 1. The summed E-state index contributed by atoms with van der Waals surface area (Å²) in [6.07, 6.45) is 2.08. The Kier molecular flexibility index (Phi) is 5.26. The Balaban J connectivity index is 1.66. The first kappa shape index (κ1) is 19.4. The van der Waals surface area contributed by atoms with Crippen molar-refractivity contribution in [3.63, 3.8) is 0 Å². The number of carbonyl (C=O) groups is 1. The molecule has 0 saturated carbocycles. The highest BCUT2D eigenvalue weighted by molar-refractivity contribution is 6.01. The van der Waals surface area contributed by atoms with Gasteiger partial charge in [0.25, 0.3) is 5.91 Å². The number of ether oxygens (including phenoxy) is 1. The number of methoxy groups -OCH3 is 1. The topological polar surface area (TPSA) is 34.5 Å². The molecular weight excluding hydrogens is 374 g/mol. The molecule has 29 heavy (non-hydrogen) atoms. The molecule has 1 aliphatic heterocycles. The van der Waals surface area contributed by atoms with Gasteiger partial charge in [-0.1, -0.05) is 12.1 Å². The minimum atomic E-state index is -0.942. The molecule has 0 spiro atoms. The second-order valence-electron chi connectivity index (χ2n) is 7.64. The zero-order valence-electron chi connectivity index (χ0n) is 16.6. The fourth-order valence-corrected chi connectivity index (χ4v) is 4.14. The predicted molar refractivity (Wildman–Crippen MR) is 109 cm³/mol. The molecule has 2 unspecified atom stereocenters. The zero-order chi connectivity index (χ0) is 20.5. The Labute approximate surface area is 168 Å². The van der Waals surface area contributed by atoms with Crippen molar-refractivity contribution in [2.45, 2.75) is 31.5 Å². The minimum Gasteiger partial charge on any atom is -0.496 e. The summed E-state index contributed by atoms with van der Waals surface area (Å²) in [5.74, 6) is 0.0356. The number of hydrogen-bond donors (Lipinski definition) is 0. The smallest absolute Gasteiger partial charge is 0.257 e. The largest absolute Gasteiger partial charge is 0.496 e. The third-order valence-electron chi connectivity index (χ3n) is 5.73. The number of halogens is 2. The van der Waals surface area contributed by atoms with E-state index in [0.717, 1.165) is 16.5 Å². The summed E-state index contributed by atoms with van der Waals surface area (Å²) < 4.78 is 34.9. The Bertz CT molecular complexity index is 1030. The maximum atomic E-state index is 14.2. The normalized spacial score (nSPS) is 19.5. The maximum absolute atomic E-state index is 14.2. The number of aryl methyl sites for hydroxylation is 1. The van der Waals surface area contributed by atoms with Gasteiger partial charge in [-0.3, -0.25) is 4.79 Å². The van der Waals surface area contributed by atoms with Gasteiger partial charge in [-0.2, -0.15) is 0 Å². The van der Waals surface area contributed by atoms with Gasteiger partial charge in [-0.15, -0.1) is 0 Å². The monoisotopic (exact) mass is 398 g/mol. The zero-order valence-corrected chi connectivity index (χ0v) is 16.6. The molecule has 6 heteroatoms. The van der Waals surface area contributed by atoms with E-state index in [2.05, 4.69) is 0 Å². The third kappa shape index (κ3) is 3.84. The van der Waals surface area contributed by atoms with Crippen molar-refractivity contribution in [2.24, 2.45) is 7.05 Å². The van der Waals surface area contributed by atoms with Crippen LogP contribution in [0.25, 0.3) is 10.9 Å². The molecule has 2 heterocycles. The van der Waals surface area contributed by atoms with Crippen molar-refractivity contribution in [1.29, 1.82) is 0 Å². The molecule has 2 aromatic carbocycles. The molecule has 0 N–H and O–H groups in total. The van der Waals surface area contributed by atoms with Crippen molar-refractivity contribution in [2.75, 3.05) is 13.7 Å². The molecule has 3 aromatic rings. The molecule has 0 bridgehead atoms. The molecule has 1 fully saturated rings. The summed E-state index contributed by atoms with van der Waals surface area (Å²) in [5.41, 5.74) is 2.34. The van der Waals surface area contributed by atoms with E-state index in [0.29, 0.717) is 30.7 Å². The summed E-state index contributed by atoms with van der Waals surface area (Å²) in [5, 5.41) is 0.951. The maximum Gasteiger partial charge on any atom is 0.257 e. The van der Waals surface area contributed by atoms with Crippen LogP contribution < -0.4 is 4.74 Å². The van der Waals surface area contributed by atoms with Crippen LogP contribution in [0.4, 0.5) is 8.78 Å². The van der Waals surface area contributed by atoms with E-state index < -0.39 is 6.17 Å². The Morgan fingerprint density at radius 2 is 1.97 bits per heavy atom. The van der Waals surface area contributed by atoms with Crippen LogP contribution in [0.3, 0.4) is 0 Å². The molecular formula is C23H24F2N2O2. The van der Waals surface area contributed by atoms with Crippen LogP contribution in [-0.2, 0) is 13.5 Å². The predicted octanol–water partition coefficient (Wildman–Crippen LogP) is 4.51. The van der Waals surface area contributed by atoms with Gasteiger partial charge in [0, 0.05) is 37.3 Å². The summed E-state index contributed by atoms with van der Waals surface area (Å²) in [4.78, 5) is 15.2. The van der Waals surface area contributed by atoms with Gasteiger partial charge >= 0.3 is 0 Å². The van der Waals surface area contributed by atoms with Crippen LogP contribution in [0.2, 0.25) is 0 Å². The van der Waals surface area contributed by atoms with Crippen LogP contribution >= 0.6 is 0 Å². The Morgan fingerprint density at radius 1 is 1.21 bits per heavy atom. The van der Waals surface area contributed by atoms with Crippen molar-refractivity contribution >= 4 is 16.8 Å². The number of rotatable bonds is 4. The van der Waals surface area contributed by atoms with Crippen LogP contribution in [0, 0.1) is 5.82 Å². The summed E-state index contributed by atoms with van der Waals surface area (Å²) in [7, 11) is 3.48. The fourth-order valence-electron chi connectivity index (χ4n) is 4.14. The highest BCUT2D eigenvalue weighted by atomic mass is 19.1. The molecule has 1 aliphatic rings. The molecule has 152 valence electrons. The molecule has 0 aliphatic carbocycles. The standard InChI is InChI=1S/C23H24F2N2O2/c1-26-9-7-16-12-20(22(29-2)14-21(16)26)23(28)27-10-8-18(25)13-19(27)11-15-3-5-17(24)6-4-15/h3-7,9,12,14,18-19H,8,10-11,13H2,1-2H3. The van der Waals surface area contributed by atoms with E-state index >= 15 is 0 Å². The van der Waals surface area contributed by atoms with Gasteiger partial charge in [-0.05, 0) is 49.1 Å². The second-order valence-corrected chi connectivity index (χ2v) is 7.64. The highest BCUT2D eigenvalue weighted by Gasteiger charge is 2.33. The molecule has 4 rings (SSSR count). The van der Waals surface area contributed by atoms with Crippen LogP contribution in [-0.4, -0.2) is 41.2 Å². The van der Waals surface area contributed by atoms with Crippen LogP contribution in [0.5, 0.6) is 5.75 Å². The molecule has 4 nitrogen and oxygen atoms in total. The van der Waals surface area contributed by atoms with Crippen LogP contribution in [0.15, 0.2) is 48.7 Å². The number of alkyl halides is 1. The third-order valence-corrected chi connectivity index (χ3v) is 5.73. The Hall–Kier alpha value is -2.89. The number of fused-ring (bicyclic) bond motifs is 1. The van der Waals surface area contributed by atoms with Gasteiger partial charge in [0.05, 0.1) is 18.2 Å². The minimum absolute atomic E-state index is 0.161. The molecule has 1 amide bonds. The number of benzene rings is 2. The van der Waals surface area contributed by atoms with E-state index in [-0.39, 0.29) is 24.2 Å². The number of hydrogen-bond acceptors (Lipinski definition) is 2. The van der Waals surface area contributed by atoms with E-state index in [9.17, 15) is 13.6 Å². The first-order valence-electron chi connectivity index (χ1n) is 9.79. The van der Waals surface area contributed by atoms with E-state index in [1.807, 2.05) is 36.0 Å². The van der Waals surface area contributed by atoms with Crippen molar-refractivity contribution in [3.05, 3.63) is 65.6 Å². The average Bonchev–Trinajstić information content (AvgIpc) is 3.08. The number of nitrogens with zero attached hydrogens (tertiary/aromatic N) is 2. The van der Waals surface area contributed by atoms with E-state index in [1.54, 1.807) is 24.1 Å². The van der Waals surface area contributed by atoms with Gasteiger partial charge in [-0.25, -0.2) is 8.78 Å². The lowest BCUT2D eigenvalue weighted by atomic mass is 9.93. The van der Waals surface area contributed by atoms with Crippen molar-refractivity contribution < 1.29 is 18.3 Å². The summed E-state index contributed by atoms with van der Waals surface area (Å²) in [6.45, 7) is 0.349. The number of aromatic nitrogens is 1. The van der Waals surface area contributed by atoms with Crippen molar-refractivity contribution in [1.82, 2.24) is 9.47 Å². The summed E-state index contributed by atoms with van der Waals surface area (Å²) in [6, 6.07) is 11.5. The Morgan fingerprint density at radius 3 is 2.69 bits per heavy atom. The second kappa shape index (κ2) is 7.85. The lowest BCUT2D eigenvalue weighted by Crippen LogP contribution is -2.47. The van der Waals surface area contributed by atoms with Gasteiger partial charge in [0.1, 0.15) is 17.7 Å². The first-order valence-corrected chi connectivity index (χ1v) is 9.79. The SMILES string of the molecule is COc1cc2c(ccn2C)cc1C(=O)N1CCC(F)CC1Cc1ccc(F)cc1. The molecule has 2 atom stereocenters. The van der Waals surface area contributed by atoms with Gasteiger partial charge < -0.3 is 14.2 Å². The fraction of sp³-hybridized carbons (Fsp3) is 0.348. The lowest BCUT2D eigenvalue weighted by molar-refractivity contribution is 0.0504. The van der Waals surface area contributed by atoms with E-state index in [4.69, 9.17) is 4.74 Å². The highest BCUT2D eigenvalue weighted by Crippen LogP contribution is 2.31. The van der Waals surface area contributed by atoms with Gasteiger partial charge in [0.15, 0.2) is 0 Å². The molecule has 0 radical (unpaired) electrons. The lowest BCUT2D eigenvalue weighted by Gasteiger charge is -2.37. The summed E-state index contributed by atoms with van der Waals surface area (Å²) >= 11 is 0. The average molecular weight is 398 g/mol. The van der Waals surface area contributed by atoms with Crippen molar-refractivity contribution in [3.8, 4) is 5.75 Å². The van der Waals surface area contributed by atoms with Crippen LogP contribution in [0.1, 0.15) is 28.8 Å². The first-order chi connectivity index (χ1) is 14.0. The number of piperidine rings is 1. The molecule has 1 saturated heterocycles. The van der Waals surface area contributed by atoms with E-state index in [1.165, 1.54) is 12.1 Å². The number of carbonyl (C=O) groups excluding carboxylic acids is 1. The molecule has 1 aromatic heterocycles. The number of amides is 1. The quantitative estimate of drug-likeness (QED) is 0.648.